The fourth-order valence-corrected chi connectivity index (χ4v) is 5.59. The quantitative estimate of drug-likeness (QED) is 0.812. The highest BCUT2D eigenvalue weighted by atomic mass is 16.1. The molecule has 1 atom stereocenters. The van der Waals surface area contributed by atoms with Gasteiger partial charge in [0.25, 0.3) is 0 Å². The first kappa shape index (κ1) is 14.4. The molecule has 0 radical (unpaired) electrons. The van der Waals surface area contributed by atoms with Crippen molar-refractivity contribution in [2.75, 3.05) is 13.1 Å². The van der Waals surface area contributed by atoms with Gasteiger partial charge in [0.1, 0.15) is 0 Å². The van der Waals surface area contributed by atoms with Gasteiger partial charge in [0.05, 0.1) is 5.92 Å². The molecule has 0 aromatic heterocycles. The van der Waals surface area contributed by atoms with E-state index in [1.54, 1.807) is 0 Å². The van der Waals surface area contributed by atoms with Crippen LogP contribution >= 0.6 is 0 Å². The number of hydrogen-bond donors (Lipinski definition) is 2. The summed E-state index contributed by atoms with van der Waals surface area (Å²) in [6, 6.07) is 0. The summed E-state index contributed by atoms with van der Waals surface area (Å²) in [5.41, 5.74) is 6.18. The van der Waals surface area contributed by atoms with Crippen molar-refractivity contribution in [3.05, 3.63) is 0 Å². The fourth-order valence-electron chi connectivity index (χ4n) is 5.59. The normalized spacial score (nSPS) is 40.1. The average molecular weight is 278 g/mol. The van der Waals surface area contributed by atoms with Crippen LogP contribution in [0.25, 0.3) is 0 Å². The maximum absolute atomic E-state index is 12.3. The van der Waals surface area contributed by atoms with Crippen LogP contribution in [-0.4, -0.2) is 19.0 Å². The SMILES string of the molecule is CC(C)C(CN)C(=O)NCC12CC3CC(CC(C3)C1)C2. The van der Waals surface area contributed by atoms with Crippen molar-refractivity contribution in [3.8, 4) is 0 Å². The first-order chi connectivity index (χ1) is 9.51. The molecule has 3 heteroatoms. The van der Waals surface area contributed by atoms with E-state index in [1.165, 1.54) is 38.5 Å². The standard InChI is InChI=1S/C17H30N2O/c1-11(2)15(9-18)16(20)19-10-17-6-12-3-13(7-17)5-14(4-12)8-17/h11-15H,3-10,18H2,1-2H3,(H,19,20). The Hall–Kier alpha value is -0.570. The molecule has 4 aliphatic carbocycles. The molecule has 4 bridgehead atoms. The van der Waals surface area contributed by atoms with E-state index in [0.29, 0.717) is 17.9 Å². The summed E-state index contributed by atoms with van der Waals surface area (Å²) in [5.74, 6) is 3.34. The largest absolute Gasteiger partial charge is 0.355 e. The second-order valence-corrected chi connectivity index (χ2v) is 8.22. The lowest BCUT2D eigenvalue weighted by Gasteiger charge is -2.57. The van der Waals surface area contributed by atoms with Gasteiger partial charge in [-0.15, -0.1) is 0 Å². The van der Waals surface area contributed by atoms with Crippen LogP contribution in [-0.2, 0) is 4.79 Å². The molecule has 1 unspecified atom stereocenters. The molecule has 0 spiro atoms. The van der Waals surface area contributed by atoms with Crippen molar-refractivity contribution in [1.82, 2.24) is 5.32 Å². The zero-order chi connectivity index (χ0) is 14.3. The molecule has 4 aliphatic rings. The van der Waals surface area contributed by atoms with Gasteiger partial charge in [-0.3, -0.25) is 4.79 Å². The Bertz CT molecular complexity index is 342. The van der Waals surface area contributed by atoms with Crippen LogP contribution < -0.4 is 11.1 Å². The first-order valence-corrected chi connectivity index (χ1v) is 8.49. The molecule has 114 valence electrons. The van der Waals surface area contributed by atoms with Crippen molar-refractivity contribution in [2.24, 2.45) is 40.7 Å². The van der Waals surface area contributed by atoms with E-state index in [2.05, 4.69) is 19.2 Å². The second-order valence-electron chi connectivity index (χ2n) is 8.22. The average Bonchev–Trinajstić information content (AvgIpc) is 2.35. The summed E-state index contributed by atoms with van der Waals surface area (Å²) >= 11 is 0. The summed E-state index contributed by atoms with van der Waals surface area (Å²) in [7, 11) is 0. The maximum atomic E-state index is 12.3. The molecule has 0 saturated heterocycles. The lowest BCUT2D eigenvalue weighted by Crippen LogP contribution is -2.52. The predicted molar refractivity (Wildman–Crippen MR) is 81.0 cm³/mol. The van der Waals surface area contributed by atoms with Gasteiger partial charge in [0.2, 0.25) is 5.91 Å². The minimum absolute atomic E-state index is 0.0242. The monoisotopic (exact) mass is 278 g/mol. The number of hydrogen-bond acceptors (Lipinski definition) is 2. The minimum Gasteiger partial charge on any atom is -0.355 e. The molecular formula is C17H30N2O. The van der Waals surface area contributed by atoms with Crippen LogP contribution in [0.5, 0.6) is 0 Å². The second kappa shape index (κ2) is 5.32. The van der Waals surface area contributed by atoms with Crippen molar-refractivity contribution < 1.29 is 4.79 Å². The molecule has 0 heterocycles. The van der Waals surface area contributed by atoms with E-state index in [0.717, 1.165) is 24.3 Å². The van der Waals surface area contributed by atoms with Crippen LogP contribution in [0.1, 0.15) is 52.4 Å². The third-order valence-electron chi connectivity index (χ3n) is 6.20. The van der Waals surface area contributed by atoms with Gasteiger partial charge in [-0.1, -0.05) is 13.8 Å². The van der Waals surface area contributed by atoms with Crippen LogP contribution in [0.15, 0.2) is 0 Å². The molecule has 3 nitrogen and oxygen atoms in total. The van der Waals surface area contributed by atoms with Crippen molar-refractivity contribution >= 4 is 5.91 Å². The zero-order valence-corrected chi connectivity index (χ0v) is 13.0. The van der Waals surface area contributed by atoms with Gasteiger partial charge >= 0.3 is 0 Å². The Balaban J connectivity index is 1.59. The summed E-state index contributed by atoms with van der Waals surface area (Å²) in [6.45, 7) is 5.53. The first-order valence-electron chi connectivity index (χ1n) is 8.49. The Morgan fingerprint density at radius 1 is 1.15 bits per heavy atom. The Labute approximate surface area is 123 Å². The summed E-state index contributed by atoms with van der Waals surface area (Å²) in [5, 5.41) is 3.25. The van der Waals surface area contributed by atoms with Crippen LogP contribution in [0.4, 0.5) is 0 Å². The number of nitrogens with two attached hydrogens (primary N) is 1. The molecule has 0 aliphatic heterocycles. The molecule has 0 aromatic rings. The summed E-state index contributed by atoms with van der Waals surface area (Å²) < 4.78 is 0. The fraction of sp³-hybridized carbons (Fsp3) is 0.941. The maximum Gasteiger partial charge on any atom is 0.224 e. The van der Waals surface area contributed by atoms with E-state index in [4.69, 9.17) is 5.73 Å². The molecule has 3 N–H and O–H groups in total. The number of nitrogens with one attached hydrogen (secondary N) is 1. The van der Waals surface area contributed by atoms with Gasteiger partial charge in [0.15, 0.2) is 0 Å². The van der Waals surface area contributed by atoms with Crippen LogP contribution in [0.3, 0.4) is 0 Å². The number of carbonyl (C=O) groups excluding carboxylic acids is 1. The topological polar surface area (TPSA) is 55.1 Å². The predicted octanol–water partition coefficient (Wildman–Crippen LogP) is 2.55. The smallest absolute Gasteiger partial charge is 0.224 e. The Morgan fingerprint density at radius 2 is 1.65 bits per heavy atom. The molecule has 4 rings (SSSR count). The highest BCUT2D eigenvalue weighted by Crippen LogP contribution is 2.59. The Morgan fingerprint density at radius 3 is 2.05 bits per heavy atom. The van der Waals surface area contributed by atoms with Gasteiger partial charge in [-0.25, -0.2) is 0 Å². The van der Waals surface area contributed by atoms with E-state index in [1.807, 2.05) is 0 Å². The molecule has 20 heavy (non-hydrogen) atoms. The lowest BCUT2D eigenvalue weighted by atomic mass is 9.49. The summed E-state index contributed by atoms with van der Waals surface area (Å²) in [6.07, 6.45) is 8.45. The summed E-state index contributed by atoms with van der Waals surface area (Å²) in [4.78, 5) is 12.3. The van der Waals surface area contributed by atoms with Gasteiger partial charge in [-0.05, 0) is 67.6 Å². The Kier molecular flexibility index (Phi) is 3.83. The molecule has 0 aromatic carbocycles. The lowest BCUT2D eigenvalue weighted by molar-refractivity contribution is -0.128. The van der Waals surface area contributed by atoms with Crippen LogP contribution in [0, 0.1) is 35.0 Å². The van der Waals surface area contributed by atoms with Gasteiger partial charge in [0, 0.05) is 13.1 Å². The van der Waals surface area contributed by atoms with Crippen molar-refractivity contribution in [3.63, 3.8) is 0 Å². The highest BCUT2D eigenvalue weighted by molar-refractivity contribution is 5.79. The minimum atomic E-state index is -0.0242. The zero-order valence-electron chi connectivity index (χ0n) is 13.0. The van der Waals surface area contributed by atoms with E-state index in [-0.39, 0.29) is 11.8 Å². The van der Waals surface area contributed by atoms with Gasteiger partial charge < -0.3 is 11.1 Å². The van der Waals surface area contributed by atoms with E-state index < -0.39 is 0 Å². The van der Waals surface area contributed by atoms with E-state index >= 15 is 0 Å². The van der Waals surface area contributed by atoms with E-state index in [9.17, 15) is 4.79 Å². The number of carbonyl (C=O) groups is 1. The third kappa shape index (κ3) is 2.61. The number of amides is 1. The van der Waals surface area contributed by atoms with Crippen molar-refractivity contribution in [2.45, 2.75) is 52.4 Å². The van der Waals surface area contributed by atoms with Crippen molar-refractivity contribution in [1.29, 1.82) is 0 Å². The molecular weight excluding hydrogens is 248 g/mol. The molecule has 1 amide bonds. The van der Waals surface area contributed by atoms with Crippen LogP contribution in [0.2, 0.25) is 0 Å². The number of rotatable bonds is 5. The van der Waals surface area contributed by atoms with Gasteiger partial charge in [-0.2, -0.15) is 0 Å². The third-order valence-corrected chi connectivity index (χ3v) is 6.20. The highest BCUT2D eigenvalue weighted by Gasteiger charge is 2.50. The molecule has 4 saturated carbocycles. The molecule has 4 fully saturated rings.